The average Bonchev–Trinajstić information content (AvgIpc) is 3.10. The van der Waals surface area contributed by atoms with Gasteiger partial charge in [-0.3, -0.25) is 9.52 Å². The van der Waals surface area contributed by atoms with E-state index in [4.69, 9.17) is 11.6 Å². The largest absolute Gasteiger partial charge is 0.416 e. The summed E-state index contributed by atoms with van der Waals surface area (Å²) in [6.07, 6.45) is -4.50. The van der Waals surface area contributed by atoms with Gasteiger partial charge >= 0.3 is 6.18 Å². The number of anilines is 2. The third-order valence-electron chi connectivity index (χ3n) is 5.00. The van der Waals surface area contributed by atoms with Gasteiger partial charge in [-0.25, -0.2) is 8.42 Å². The monoisotopic (exact) mass is 524 g/mol. The maximum Gasteiger partial charge on any atom is 0.416 e. The summed E-state index contributed by atoms with van der Waals surface area (Å²) in [6, 6.07) is 15.2. The summed E-state index contributed by atoms with van der Waals surface area (Å²) in [7, 11) is -4.00. The Balaban J connectivity index is 1.64. The van der Waals surface area contributed by atoms with Gasteiger partial charge in [0, 0.05) is 9.72 Å². The molecule has 2 N–H and O–H groups in total. The van der Waals surface area contributed by atoms with Crippen molar-refractivity contribution in [1.82, 2.24) is 0 Å². The number of rotatable bonds is 5. The van der Waals surface area contributed by atoms with Crippen LogP contribution in [0.15, 0.2) is 71.6 Å². The molecule has 0 bridgehead atoms. The molecule has 0 radical (unpaired) electrons. The number of aryl methyl sites for hydroxylation is 1. The van der Waals surface area contributed by atoms with Gasteiger partial charge < -0.3 is 5.32 Å². The fourth-order valence-corrected chi connectivity index (χ4v) is 5.78. The number of amides is 1. The molecular weight excluding hydrogens is 509 g/mol. The number of alkyl halides is 3. The van der Waals surface area contributed by atoms with Crippen LogP contribution < -0.4 is 10.0 Å². The smallest absolute Gasteiger partial charge is 0.319 e. The minimum Gasteiger partial charge on any atom is -0.319 e. The van der Waals surface area contributed by atoms with Crippen LogP contribution in [0.2, 0.25) is 5.02 Å². The number of sulfonamides is 1. The predicted octanol–water partition coefficient (Wildman–Crippen LogP) is 6.94. The third kappa shape index (κ3) is 4.89. The van der Waals surface area contributed by atoms with Crippen LogP contribution >= 0.6 is 22.9 Å². The molecule has 0 fully saturated rings. The van der Waals surface area contributed by atoms with Crippen LogP contribution in [-0.4, -0.2) is 14.3 Å². The molecule has 176 valence electrons. The fraction of sp³-hybridized carbons (Fsp3) is 0.0870. The number of benzene rings is 3. The van der Waals surface area contributed by atoms with Crippen molar-refractivity contribution in [3.05, 3.63) is 87.8 Å². The van der Waals surface area contributed by atoms with E-state index in [1.54, 1.807) is 25.1 Å². The van der Waals surface area contributed by atoms with Crippen molar-refractivity contribution in [2.24, 2.45) is 0 Å². The molecule has 1 heterocycles. The number of thiophene rings is 1. The lowest BCUT2D eigenvalue weighted by atomic mass is 10.1. The molecule has 0 aliphatic rings. The van der Waals surface area contributed by atoms with Gasteiger partial charge in [0.2, 0.25) is 0 Å². The van der Waals surface area contributed by atoms with Crippen molar-refractivity contribution in [1.29, 1.82) is 0 Å². The number of hydrogen-bond acceptors (Lipinski definition) is 4. The molecule has 0 saturated carbocycles. The van der Waals surface area contributed by atoms with E-state index in [1.165, 1.54) is 36.4 Å². The molecule has 1 amide bonds. The Labute approximate surface area is 202 Å². The van der Waals surface area contributed by atoms with E-state index in [0.29, 0.717) is 15.6 Å². The van der Waals surface area contributed by atoms with E-state index in [0.717, 1.165) is 23.5 Å². The molecule has 1 aromatic heterocycles. The first-order valence-electron chi connectivity index (χ1n) is 9.75. The van der Waals surface area contributed by atoms with Crippen LogP contribution in [0.4, 0.5) is 24.5 Å². The Morgan fingerprint density at radius 1 is 0.971 bits per heavy atom. The first-order valence-corrected chi connectivity index (χ1v) is 12.4. The molecule has 0 aliphatic carbocycles. The minimum absolute atomic E-state index is 0.0538. The minimum atomic E-state index is -4.50. The Morgan fingerprint density at radius 3 is 2.35 bits per heavy atom. The molecule has 0 atom stereocenters. The molecule has 11 heteroatoms. The van der Waals surface area contributed by atoms with Crippen molar-refractivity contribution >= 4 is 60.3 Å². The highest BCUT2D eigenvalue weighted by molar-refractivity contribution is 7.92. The van der Waals surface area contributed by atoms with E-state index >= 15 is 0 Å². The van der Waals surface area contributed by atoms with Gasteiger partial charge in [0.15, 0.2) is 0 Å². The highest BCUT2D eigenvalue weighted by atomic mass is 35.5. The molecule has 0 saturated heterocycles. The molecule has 4 aromatic rings. The molecule has 3 aromatic carbocycles. The average molecular weight is 525 g/mol. The lowest BCUT2D eigenvalue weighted by Crippen LogP contribution is -2.17. The Bertz CT molecular complexity index is 1520. The van der Waals surface area contributed by atoms with Crippen molar-refractivity contribution in [2.45, 2.75) is 18.0 Å². The van der Waals surface area contributed by atoms with Crippen LogP contribution in [0.1, 0.15) is 20.8 Å². The number of para-hydroxylation sites is 2. The quantitative estimate of drug-likeness (QED) is 0.297. The predicted molar refractivity (Wildman–Crippen MR) is 128 cm³/mol. The Kier molecular flexibility index (Phi) is 6.32. The second-order valence-electron chi connectivity index (χ2n) is 7.33. The summed E-state index contributed by atoms with van der Waals surface area (Å²) in [5, 5.41) is 3.24. The standard InChI is InChI=1S/C23H16ClF3N2O3S2/c1-13-17-11-14(23(25,26)27)9-10-20(17)33-21(13)22(30)28-18-7-2-3-8-19(18)29-34(31,32)16-6-4-5-15(24)12-16/h2-12,29H,1H3,(H,28,30). The van der Waals surface area contributed by atoms with E-state index in [9.17, 15) is 26.4 Å². The Hall–Kier alpha value is -3.08. The van der Waals surface area contributed by atoms with Gasteiger partial charge in [-0.05, 0) is 66.4 Å². The van der Waals surface area contributed by atoms with E-state index in [2.05, 4.69) is 10.0 Å². The van der Waals surface area contributed by atoms with Gasteiger partial charge in [0.05, 0.1) is 26.7 Å². The highest BCUT2D eigenvalue weighted by Gasteiger charge is 2.31. The number of fused-ring (bicyclic) bond motifs is 1. The zero-order valence-corrected chi connectivity index (χ0v) is 19.8. The SMILES string of the molecule is Cc1c(C(=O)Nc2ccccc2NS(=O)(=O)c2cccc(Cl)c2)sc2ccc(C(F)(F)F)cc12. The fourth-order valence-electron chi connectivity index (χ4n) is 3.31. The van der Waals surface area contributed by atoms with E-state index in [1.807, 2.05) is 0 Å². The van der Waals surface area contributed by atoms with Gasteiger partial charge in [0.25, 0.3) is 15.9 Å². The lowest BCUT2D eigenvalue weighted by molar-refractivity contribution is -0.137. The van der Waals surface area contributed by atoms with Gasteiger partial charge in [0.1, 0.15) is 0 Å². The van der Waals surface area contributed by atoms with E-state index in [-0.39, 0.29) is 26.2 Å². The summed E-state index contributed by atoms with van der Waals surface area (Å²) in [6.45, 7) is 1.57. The number of nitrogens with one attached hydrogen (secondary N) is 2. The molecule has 4 rings (SSSR count). The lowest BCUT2D eigenvalue weighted by Gasteiger charge is -2.13. The van der Waals surface area contributed by atoms with Crippen molar-refractivity contribution in [3.63, 3.8) is 0 Å². The summed E-state index contributed by atoms with van der Waals surface area (Å²) >= 11 is 6.95. The molecule has 5 nitrogen and oxygen atoms in total. The molecule has 0 unspecified atom stereocenters. The van der Waals surface area contributed by atoms with Crippen LogP contribution in [0.25, 0.3) is 10.1 Å². The summed E-state index contributed by atoms with van der Waals surface area (Å²) in [4.78, 5) is 13.2. The van der Waals surface area contributed by atoms with Gasteiger partial charge in [-0.1, -0.05) is 29.8 Å². The van der Waals surface area contributed by atoms with Crippen molar-refractivity contribution < 1.29 is 26.4 Å². The molecule has 0 aliphatic heterocycles. The second kappa shape index (κ2) is 8.94. The topological polar surface area (TPSA) is 75.3 Å². The van der Waals surface area contributed by atoms with Crippen LogP contribution in [0.5, 0.6) is 0 Å². The van der Waals surface area contributed by atoms with Crippen LogP contribution in [-0.2, 0) is 16.2 Å². The van der Waals surface area contributed by atoms with Crippen molar-refractivity contribution in [3.8, 4) is 0 Å². The molecule has 0 spiro atoms. The third-order valence-corrected chi connectivity index (χ3v) is 7.87. The van der Waals surface area contributed by atoms with Gasteiger partial charge in [-0.2, -0.15) is 13.2 Å². The number of hydrogen-bond donors (Lipinski definition) is 2. The van der Waals surface area contributed by atoms with Crippen LogP contribution in [0.3, 0.4) is 0 Å². The number of carbonyl (C=O) groups excluding carboxylic acids is 1. The first kappa shape index (κ1) is 24.1. The van der Waals surface area contributed by atoms with E-state index < -0.39 is 27.7 Å². The van der Waals surface area contributed by atoms with Crippen LogP contribution in [0, 0.1) is 6.92 Å². The number of carbonyl (C=O) groups is 1. The maximum absolute atomic E-state index is 13.1. The molecule has 34 heavy (non-hydrogen) atoms. The summed E-state index contributed by atoms with van der Waals surface area (Å²) < 4.78 is 67.8. The normalized spacial score (nSPS) is 12.0. The Morgan fingerprint density at radius 2 is 1.68 bits per heavy atom. The zero-order valence-electron chi connectivity index (χ0n) is 17.4. The van der Waals surface area contributed by atoms with Crippen molar-refractivity contribution in [2.75, 3.05) is 10.0 Å². The maximum atomic E-state index is 13.1. The second-order valence-corrected chi connectivity index (χ2v) is 10.5. The van der Waals surface area contributed by atoms with Gasteiger partial charge in [-0.15, -0.1) is 11.3 Å². The summed E-state index contributed by atoms with van der Waals surface area (Å²) in [5.74, 6) is -0.568. The zero-order chi connectivity index (χ0) is 24.7. The number of halogens is 4. The molecular formula is C23H16ClF3N2O3S2. The summed E-state index contributed by atoms with van der Waals surface area (Å²) in [5.41, 5.74) is -0.0888. The highest BCUT2D eigenvalue weighted by Crippen LogP contribution is 2.37. The first-order chi connectivity index (χ1) is 16.0.